The van der Waals surface area contributed by atoms with E-state index in [0.717, 1.165) is 9.75 Å². The van der Waals surface area contributed by atoms with Crippen LogP contribution in [0.1, 0.15) is 36.8 Å². The Bertz CT molecular complexity index is 1030. The van der Waals surface area contributed by atoms with Gasteiger partial charge in [0.15, 0.2) is 4.77 Å². The average Bonchev–Trinajstić information content (AvgIpc) is 2.92. The van der Waals surface area contributed by atoms with Gasteiger partial charge < -0.3 is 0 Å². The van der Waals surface area contributed by atoms with Crippen molar-refractivity contribution in [2.75, 3.05) is 0 Å². The molecule has 0 amide bonds. The number of rotatable bonds is 3. The summed E-state index contributed by atoms with van der Waals surface area (Å²) in [6.07, 6.45) is -2.78. The van der Waals surface area contributed by atoms with Gasteiger partial charge in [-0.1, -0.05) is 0 Å². The molecule has 126 valence electrons. The Morgan fingerprint density at radius 2 is 2.04 bits per heavy atom. The van der Waals surface area contributed by atoms with Gasteiger partial charge in [0.25, 0.3) is 12.0 Å². The summed E-state index contributed by atoms with van der Waals surface area (Å²) in [4.78, 5) is 21.0. The van der Waals surface area contributed by atoms with Crippen LogP contribution in [0.15, 0.2) is 23.0 Å². The molecule has 1 N–H and O–H groups in total. The van der Waals surface area contributed by atoms with Crippen LogP contribution in [-0.4, -0.2) is 14.5 Å². The number of pyridine rings is 1. The number of thiophene rings is 1. The van der Waals surface area contributed by atoms with Crippen molar-refractivity contribution in [3.63, 3.8) is 0 Å². The minimum atomic E-state index is -2.78. The van der Waals surface area contributed by atoms with Crippen molar-refractivity contribution >= 4 is 34.6 Å². The standard InChI is InChI=1S/C16H15F2N3OS2/c1-7(2)21-14-12(15(22)20-16(21)23)9(13(17)18)6-10(19-14)11-5-4-8(3)24-11/h4-7,13H,1-3H3,(H,20,22,23). The maximum Gasteiger partial charge on any atom is 0.264 e. The predicted molar refractivity (Wildman–Crippen MR) is 94.6 cm³/mol. The normalized spacial score (nSPS) is 11.8. The molecule has 3 rings (SSSR count). The number of hydrogen-bond donors (Lipinski definition) is 1. The van der Waals surface area contributed by atoms with Crippen molar-refractivity contribution in [2.24, 2.45) is 0 Å². The van der Waals surface area contributed by atoms with E-state index in [4.69, 9.17) is 12.2 Å². The molecule has 0 unspecified atom stereocenters. The number of nitrogens with one attached hydrogen (secondary N) is 1. The third-order valence-corrected chi connectivity index (χ3v) is 4.99. The summed E-state index contributed by atoms with van der Waals surface area (Å²) in [6, 6.07) is 4.91. The van der Waals surface area contributed by atoms with Gasteiger partial charge in [-0.15, -0.1) is 11.3 Å². The number of H-pyrrole nitrogens is 1. The number of fused-ring (bicyclic) bond motifs is 1. The molecule has 0 spiro atoms. The molecule has 0 saturated heterocycles. The molecule has 0 aliphatic carbocycles. The molecule has 4 nitrogen and oxygen atoms in total. The molecule has 3 heterocycles. The van der Waals surface area contributed by atoms with Crippen molar-refractivity contribution in [3.05, 3.63) is 43.8 Å². The van der Waals surface area contributed by atoms with Crippen molar-refractivity contribution in [3.8, 4) is 10.6 Å². The molecule has 0 aliphatic heterocycles. The molecule has 8 heteroatoms. The van der Waals surface area contributed by atoms with E-state index in [1.165, 1.54) is 17.4 Å². The molecular weight excluding hydrogens is 352 g/mol. The Morgan fingerprint density at radius 1 is 1.33 bits per heavy atom. The number of alkyl halides is 2. The molecule has 0 bridgehead atoms. The van der Waals surface area contributed by atoms with Crippen LogP contribution in [0.5, 0.6) is 0 Å². The number of aromatic nitrogens is 3. The van der Waals surface area contributed by atoms with Crippen molar-refractivity contribution in [1.29, 1.82) is 0 Å². The van der Waals surface area contributed by atoms with Gasteiger partial charge in [0.1, 0.15) is 5.65 Å². The first-order valence-corrected chi connectivity index (χ1v) is 8.56. The fraction of sp³-hybridized carbons (Fsp3) is 0.312. The molecule has 3 aromatic heterocycles. The third kappa shape index (κ3) is 2.80. The van der Waals surface area contributed by atoms with Crippen LogP contribution in [0.3, 0.4) is 0 Å². The summed E-state index contributed by atoms with van der Waals surface area (Å²) in [5.74, 6) is 0. The van der Waals surface area contributed by atoms with Gasteiger partial charge in [-0.2, -0.15) is 0 Å². The van der Waals surface area contributed by atoms with Crippen molar-refractivity contribution in [1.82, 2.24) is 14.5 Å². The SMILES string of the molecule is Cc1ccc(-c2cc(C(F)F)c3c(=O)[nH]c(=S)n(C(C)C)c3n2)s1. The van der Waals surface area contributed by atoms with Crippen LogP contribution in [0.25, 0.3) is 21.6 Å². The van der Waals surface area contributed by atoms with Gasteiger partial charge in [0, 0.05) is 16.5 Å². The van der Waals surface area contributed by atoms with Crippen LogP contribution in [0.4, 0.5) is 8.78 Å². The van der Waals surface area contributed by atoms with E-state index in [0.29, 0.717) is 5.69 Å². The summed E-state index contributed by atoms with van der Waals surface area (Å²) in [5.41, 5.74) is -0.349. The maximum absolute atomic E-state index is 13.6. The summed E-state index contributed by atoms with van der Waals surface area (Å²) in [6.45, 7) is 5.65. The van der Waals surface area contributed by atoms with E-state index in [9.17, 15) is 13.6 Å². The van der Waals surface area contributed by atoms with Crippen LogP contribution >= 0.6 is 23.6 Å². The second-order valence-corrected chi connectivity index (χ2v) is 7.40. The summed E-state index contributed by atoms with van der Waals surface area (Å²) >= 11 is 6.66. The molecule has 0 radical (unpaired) electrons. The first-order chi connectivity index (χ1) is 11.3. The van der Waals surface area contributed by atoms with Gasteiger partial charge in [-0.05, 0) is 51.2 Å². The van der Waals surface area contributed by atoms with Gasteiger partial charge in [-0.25, -0.2) is 13.8 Å². The largest absolute Gasteiger partial charge is 0.300 e. The van der Waals surface area contributed by atoms with Crippen molar-refractivity contribution in [2.45, 2.75) is 33.2 Å². The quantitative estimate of drug-likeness (QED) is 0.662. The minimum Gasteiger partial charge on any atom is -0.300 e. The topological polar surface area (TPSA) is 50.7 Å². The lowest BCUT2D eigenvalue weighted by molar-refractivity contribution is 0.153. The molecular formula is C16H15F2N3OS2. The second-order valence-electron chi connectivity index (χ2n) is 5.73. The Kier molecular flexibility index (Phi) is 4.35. The maximum atomic E-state index is 13.6. The third-order valence-electron chi connectivity index (χ3n) is 3.67. The number of halogens is 2. The lowest BCUT2D eigenvalue weighted by Crippen LogP contribution is -2.19. The van der Waals surface area contributed by atoms with E-state index in [-0.39, 0.29) is 27.4 Å². The zero-order valence-electron chi connectivity index (χ0n) is 13.3. The monoisotopic (exact) mass is 367 g/mol. The lowest BCUT2D eigenvalue weighted by atomic mass is 10.1. The minimum absolute atomic E-state index is 0.107. The zero-order chi connectivity index (χ0) is 17.6. The van der Waals surface area contributed by atoms with Crippen LogP contribution < -0.4 is 5.56 Å². The van der Waals surface area contributed by atoms with Gasteiger partial charge >= 0.3 is 0 Å². The van der Waals surface area contributed by atoms with E-state index in [1.807, 2.05) is 32.9 Å². The summed E-state index contributed by atoms with van der Waals surface area (Å²) in [5, 5.41) is -0.107. The predicted octanol–water partition coefficient (Wildman–Crippen LogP) is 5.01. The summed E-state index contributed by atoms with van der Waals surface area (Å²) in [7, 11) is 0. The zero-order valence-corrected chi connectivity index (χ0v) is 14.9. The average molecular weight is 367 g/mol. The Morgan fingerprint density at radius 3 is 2.58 bits per heavy atom. The molecule has 0 saturated carbocycles. The van der Waals surface area contributed by atoms with Crippen LogP contribution in [-0.2, 0) is 0 Å². The van der Waals surface area contributed by atoms with Gasteiger partial charge in [-0.3, -0.25) is 14.3 Å². The Hall–Kier alpha value is -1.93. The van der Waals surface area contributed by atoms with E-state index >= 15 is 0 Å². The van der Waals surface area contributed by atoms with E-state index in [1.54, 1.807) is 4.57 Å². The van der Waals surface area contributed by atoms with Crippen LogP contribution in [0.2, 0.25) is 0 Å². The van der Waals surface area contributed by atoms with E-state index in [2.05, 4.69) is 9.97 Å². The molecule has 0 fully saturated rings. The first-order valence-electron chi connectivity index (χ1n) is 7.34. The molecule has 3 aromatic rings. The highest BCUT2D eigenvalue weighted by atomic mass is 32.1. The van der Waals surface area contributed by atoms with Gasteiger partial charge in [0.2, 0.25) is 0 Å². The highest BCUT2D eigenvalue weighted by Gasteiger charge is 2.21. The van der Waals surface area contributed by atoms with Gasteiger partial charge in [0.05, 0.1) is 16.0 Å². The highest BCUT2D eigenvalue weighted by Crippen LogP contribution is 2.33. The highest BCUT2D eigenvalue weighted by molar-refractivity contribution is 7.71. The molecule has 0 atom stereocenters. The second kappa shape index (κ2) is 6.18. The number of aromatic amines is 1. The number of nitrogens with zero attached hydrogens (tertiary/aromatic N) is 2. The molecule has 0 aliphatic rings. The van der Waals surface area contributed by atoms with E-state index < -0.39 is 12.0 Å². The smallest absolute Gasteiger partial charge is 0.264 e. The molecule has 24 heavy (non-hydrogen) atoms. The number of aryl methyl sites for hydroxylation is 1. The lowest BCUT2D eigenvalue weighted by Gasteiger charge is -2.16. The fourth-order valence-corrected chi connectivity index (χ4v) is 3.84. The summed E-state index contributed by atoms with van der Waals surface area (Å²) < 4.78 is 29.0. The Labute approximate surface area is 145 Å². The first kappa shape index (κ1) is 16.9. The fourth-order valence-electron chi connectivity index (χ4n) is 2.62. The van der Waals surface area contributed by atoms with Crippen molar-refractivity contribution < 1.29 is 8.78 Å². The van der Waals surface area contributed by atoms with Crippen LogP contribution in [0, 0.1) is 11.7 Å². The Balaban J connectivity index is 2.49. The number of hydrogen-bond acceptors (Lipinski definition) is 4. The molecule has 0 aromatic carbocycles.